The minimum Gasteiger partial charge on any atom is -0.487 e. The van der Waals surface area contributed by atoms with Crippen LogP contribution in [0.5, 0.6) is 5.75 Å². The lowest BCUT2D eigenvalue weighted by atomic mass is 9.94. The Labute approximate surface area is 164 Å². The predicted octanol–water partition coefficient (Wildman–Crippen LogP) is 5.59. The second kappa shape index (κ2) is 7.64. The summed E-state index contributed by atoms with van der Waals surface area (Å²) >= 11 is 3.29. The zero-order valence-electron chi connectivity index (χ0n) is 15.1. The van der Waals surface area contributed by atoms with Crippen molar-refractivity contribution in [2.24, 2.45) is 0 Å². The summed E-state index contributed by atoms with van der Waals surface area (Å²) in [4.78, 5) is 15.0. The maximum absolute atomic E-state index is 14.0. The molecule has 3 aromatic rings. The van der Waals surface area contributed by atoms with Gasteiger partial charge in [0, 0.05) is 22.9 Å². The molecule has 1 aromatic heterocycles. The molecular formula is C21H18BrF2NO2. The van der Waals surface area contributed by atoms with Crippen LogP contribution in [0.1, 0.15) is 22.4 Å². The molecule has 0 radical (unpaired) electrons. The van der Waals surface area contributed by atoms with Gasteiger partial charge in [-0.15, -0.1) is 0 Å². The zero-order valence-corrected chi connectivity index (χ0v) is 16.7. The Morgan fingerprint density at radius 1 is 1.04 bits per heavy atom. The fourth-order valence-electron chi connectivity index (χ4n) is 3.10. The van der Waals surface area contributed by atoms with E-state index in [1.165, 1.54) is 12.1 Å². The molecule has 3 nitrogen and oxygen atoms in total. The summed E-state index contributed by atoms with van der Waals surface area (Å²) in [6, 6.07) is 9.22. The summed E-state index contributed by atoms with van der Waals surface area (Å²) in [6.07, 6.45) is 0. The maximum atomic E-state index is 14.0. The van der Waals surface area contributed by atoms with Gasteiger partial charge in [-0.1, -0.05) is 18.2 Å². The third-order valence-corrected chi connectivity index (χ3v) is 5.14. The molecule has 0 saturated heterocycles. The fourth-order valence-corrected chi connectivity index (χ4v) is 3.52. The van der Waals surface area contributed by atoms with E-state index in [-0.39, 0.29) is 22.2 Å². The first-order valence-electron chi connectivity index (χ1n) is 8.35. The van der Waals surface area contributed by atoms with Crippen molar-refractivity contribution in [1.82, 2.24) is 4.98 Å². The van der Waals surface area contributed by atoms with E-state index in [0.29, 0.717) is 11.4 Å². The highest BCUT2D eigenvalue weighted by Gasteiger charge is 2.20. The molecule has 0 spiro atoms. The van der Waals surface area contributed by atoms with Crippen LogP contribution in [0.2, 0.25) is 0 Å². The Morgan fingerprint density at radius 2 is 1.70 bits per heavy atom. The molecule has 27 heavy (non-hydrogen) atoms. The Bertz CT molecular complexity index is 1060. The highest BCUT2D eigenvalue weighted by Crippen LogP contribution is 2.39. The van der Waals surface area contributed by atoms with Gasteiger partial charge in [-0.25, -0.2) is 8.78 Å². The van der Waals surface area contributed by atoms with Crippen LogP contribution >= 0.6 is 15.9 Å². The summed E-state index contributed by atoms with van der Waals surface area (Å²) in [6.45, 7) is 5.61. The average molecular weight is 434 g/mol. The van der Waals surface area contributed by atoms with E-state index in [0.717, 1.165) is 28.3 Å². The van der Waals surface area contributed by atoms with Gasteiger partial charge in [0.05, 0.1) is 0 Å². The molecular weight excluding hydrogens is 416 g/mol. The number of aryl methyl sites for hydroxylation is 3. The molecule has 0 aliphatic heterocycles. The van der Waals surface area contributed by atoms with Gasteiger partial charge in [-0.3, -0.25) is 4.79 Å². The number of pyridine rings is 1. The van der Waals surface area contributed by atoms with Gasteiger partial charge in [0.15, 0.2) is 0 Å². The second-order valence-corrected chi connectivity index (χ2v) is 7.18. The van der Waals surface area contributed by atoms with Crippen LogP contribution in [-0.4, -0.2) is 4.98 Å². The Hall–Kier alpha value is -2.47. The SMILES string of the molecule is Cc1cccc(C)c1-c1c(C)[nH]c(=O)c(Br)c1OCc1ccc(F)cc1F. The first-order valence-corrected chi connectivity index (χ1v) is 9.14. The van der Waals surface area contributed by atoms with Crippen LogP contribution in [0.4, 0.5) is 8.78 Å². The first-order chi connectivity index (χ1) is 12.8. The van der Waals surface area contributed by atoms with Crippen LogP contribution in [-0.2, 0) is 6.61 Å². The van der Waals surface area contributed by atoms with Gasteiger partial charge in [-0.2, -0.15) is 0 Å². The van der Waals surface area contributed by atoms with Gasteiger partial charge in [0.2, 0.25) is 0 Å². The molecule has 0 aliphatic carbocycles. The minimum absolute atomic E-state index is 0.133. The van der Waals surface area contributed by atoms with Crippen molar-refractivity contribution in [1.29, 1.82) is 0 Å². The molecule has 1 N–H and O–H groups in total. The third kappa shape index (κ3) is 3.81. The lowest BCUT2D eigenvalue weighted by Gasteiger charge is -2.19. The summed E-state index contributed by atoms with van der Waals surface area (Å²) in [5, 5.41) is 0. The summed E-state index contributed by atoms with van der Waals surface area (Å²) in [7, 11) is 0. The Kier molecular flexibility index (Phi) is 5.46. The Morgan fingerprint density at radius 3 is 2.33 bits per heavy atom. The van der Waals surface area contributed by atoms with Crippen molar-refractivity contribution in [3.63, 3.8) is 0 Å². The number of nitrogens with one attached hydrogen (secondary N) is 1. The first kappa shape index (κ1) is 19.3. The number of rotatable bonds is 4. The van der Waals surface area contributed by atoms with E-state index >= 15 is 0 Å². The number of H-pyrrole nitrogens is 1. The number of benzene rings is 2. The number of ether oxygens (including phenoxy) is 1. The lowest BCUT2D eigenvalue weighted by molar-refractivity contribution is 0.298. The number of aromatic nitrogens is 1. The number of halogens is 3. The highest BCUT2D eigenvalue weighted by molar-refractivity contribution is 9.10. The van der Waals surface area contributed by atoms with Crippen LogP contribution in [0, 0.1) is 32.4 Å². The van der Waals surface area contributed by atoms with E-state index in [9.17, 15) is 13.6 Å². The summed E-state index contributed by atoms with van der Waals surface area (Å²) < 4.78 is 33.2. The van der Waals surface area contributed by atoms with Crippen molar-refractivity contribution >= 4 is 15.9 Å². The van der Waals surface area contributed by atoms with Gasteiger partial charge >= 0.3 is 0 Å². The molecule has 0 aliphatic rings. The topological polar surface area (TPSA) is 42.1 Å². The van der Waals surface area contributed by atoms with Crippen molar-refractivity contribution in [2.75, 3.05) is 0 Å². The van der Waals surface area contributed by atoms with E-state index < -0.39 is 11.6 Å². The van der Waals surface area contributed by atoms with Crippen LogP contribution in [0.3, 0.4) is 0 Å². The van der Waals surface area contributed by atoms with E-state index in [4.69, 9.17) is 4.74 Å². The van der Waals surface area contributed by atoms with E-state index in [1.54, 1.807) is 6.92 Å². The molecule has 6 heteroatoms. The minimum atomic E-state index is -0.693. The van der Waals surface area contributed by atoms with Crippen LogP contribution in [0.25, 0.3) is 11.1 Å². The quantitative estimate of drug-likeness (QED) is 0.582. The molecule has 0 bridgehead atoms. The Balaban J connectivity index is 2.13. The average Bonchev–Trinajstić information content (AvgIpc) is 2.59. The normalized spacial score (nSPS) is 10.9. The monoisotopic (exact) mass is 433 g/mol. The van der Waals surface area contributed by atoms with Gasteiger partial charge < -0.3 is 9.72 Å². The molecule has 0 atom stereocenters. The second-order valence-electron chi connectivity index (χ2n) is 6.39. The van der Waals surface area contributed by atoms with Crippen molar-refractivity contribution in [2.45, 2.75) is 27.4 Å². The van der Waals surface area contributed by atoms with Crippen molar-refractivity contribution in [3.05, 3.63) is 85.2 Å². The standard InChI is InChI=1S/C21H18BrF2NO2/c1-11-5-4-6-12(2)17(11)18-13(3)25-21(26)19(22)20(18)27-10-14-7-8-15(23)9-16(14)24/h4-9H,10H2,1-3H3,(H,25,26). The van der Waals surface area contributed by atoms with Gasteiger partial charge in [-0.05, 0) is 65.5 Å². The molecule has 0 saturated carbocycles. The van der Waals surface area contributed by atoms with E-state index in [1.807, 2.05) is 32.0 Å². The summed E-state index contributed by atoms with van der Waals surface area (Å²) in [5.41, 5.74) is 4.24. The third-order valence-electron chi connectivity index (χ3n) is 4.42. The molecule has 3 rings (SSSR count). The number of aromatic amines is 1. The molecule has 2 aromatic carbocycles. The summed E-state index contributed by atoms with van der Waals surface area (Å²) in [5.74, 6) is -1.01. The molecule has 0 amide bonds. The maximum Gasteiger partial charge on any atom is 0.266 e. The van der Waals surface area contributed by atoms with Crippen LogP contribution < -0.4 is 10.3 Å². The van der Waals surface area contributed by atoms with Crippen LogP contribution in [0.15, 0.2) is 45.7 Å². The largest absolute Gasteiger partial charge is 0.487 e. The molecule has 1 heterocycles. The number of hydrogen-bond acceptors (Lipinski definition) is 2. The fraction of sp³-hybridized carbons (Fsp3) is 0.190. The van der Waals surface area contributed by atoms with Crippen molar-refractivity contribution < 1.29 is 13.5 Å². The van der Waals surface area contributed by atoms with Gasteiger partial charge in [0.1, 0.15) is 28.5 Å². The zero-order chi connectivity index (χ0) is 19.7. The smallest absolute Gasteiger partial charge is 0.266 e. The van der Waals surface area contributed by atoms with Crippen molar-refractivity contribution in [3.8, 4) is 16.9 Å². The van der Waals surface area contributed by atoms with Gasteiger partial charge in [0.25, 0.3) is 5.56 Å². The predicted molar refractivity (Wildman–Crippen MR) is 105 cm³/mol. The molecule has 0 unspecified atom stereocenters. The number of hydrogen-bond donors (Lipinski definition) is 1. The van der Waals surface area contributed by atoms with E-state index in [2.05, 4.69) is 20.9 Å². The highest BCUT2D eigenvalue weighted by atomic mass is 79.9. The molecule has 140 valence electrons. The molecule has 0 fully saturated rings. The lowest BCUT2D eigenvalue weighted by Crippen LogP contribution is -2.13.